The fourth-order valence-corrected chi connectivity index (χ4v) is 2.95. The van der Waals surface area contributed by atoms with Crippen molar-refractivity contribution < 1.29 is 9.59 Å². The molecule has 0 aliphatic heterocycles. The van der Waals surface area contributed by atoms with E-state index in [0.717, 1.165) is 5.69 Å². The van der Waals surface area contributed by atoms with Gasteiger partial charge in [-0.3, -0.25) is 19.0 Å². The number of benzene rings is 1. The molecule has 0 unspecified atom stereocenters. The van der Waals surface area contributed by atoms with Gasteiger partial charge < -0.3 is 10.6 Å². The van der Waals surface area contributed by atoms with Crippen LogP contribution in [0, 0.1) is 13.8 Å². The second-order valence-electron chi connectivity index (χ2n) is 6.26. The molecular formula is C19H21ClN6O2. The molecule has 0 atom stereocenters. The van der Waals surface area contributed by atoms with Crippen LogP contribution in [0.15, 0.2) is 36.5 Å². The quantitative estimate of drug-likeness (QED) is 0.664. The van der Waals surface area contributed by atoms with Gasteiger partial charge in [0.1, 0.15) is 12.2 Å². The van der Waals surface area contributed by atoms with Gasteiger partial charge >= 0.3 is 0 Å². The number of anilines is 2. The second kappa shape index (κ2) is 8.26. The van der Waals surface area contributed by atoms with Crippen LogP contribution in [-0.4, -0.2) is 31.4 Å². The Balaban J connectivity index is 1.66. The number of hydrogen-bond acceptors (Lipinski definition) is 4. The van der Waals surface area contributed by atoms with Gasteiger partial charge in [-0.15, -0.1) is 0 Å². The number of hydrogen-bond donors (Lipinski definition) is 2. The Morgan fingerprint density at radius 3 is 2.46 bits per heavy atom. The lowest BCUT2D eigenvalue weighted by atomic mass is 10.2. The van der Waals surface area contributed by atoms with Gasteiger partial charge in [-0.1, -0.05) is 17.7 Å². The molecule has 2 amide bonds. The molecule has 0 spiro atoms. The third kappa shape index (κ3) is 4.23. The standard InChI is InChI=1S/C19H21ClN6O2/c1-4-25-16(8-9-21-25)19(28)23-15-7-5-6-14(10-15)22-17(27)11-26-13(3)18(20)12(2)24-26/h5-10H,4,11H2,1-3H3,(H,22,27)(H,23,28). The van der Waals surface area contributed by atoms with E-state index in [1.807, 2.05) is 13.8 Å². The minimum absolute atomic E-state index is 0.0473. The topological polar surface area (TPSA) is 93.8 Å². The molecule has 8 nitrogen and oxygen atoms in total. The molecule has 9 heteroatoms. The van der Waals surface area contributed by atoms with Crippen LogP contribution in [0.5, 0.6) is 0 Å². The van der Waals surface area contributed by atoms with Gasteiger partial charge in [-0.25, -0.2) is 0 Å². The van der Waals surface area contributed by atoms with E-state index in [9.17, 15) is 9.59 Å². The van der Waals surface area contributed by atoms with Gasteiger partial charge in [0.25, 0.3) is 5.91 Å². The van der Waals surface area contributed by atoms with Crippen molar-refractivity contribution in [2.45, 2.75) is 33.9 Å². The van der Waals surface area contributed by atoms with Crippen molar-refractivity contribution in [3.63, 3.8) is 0 Å². The Morgan fingerprint density at radius 2 is 1.82 bits per heavy atom. The average Bonchev–Trinajstić information content (AvgIpc) is 3.23. The summed E-state index contributed by atoms with van der Waals surface area (Å²) in [5.41, 5.74) is 3.03. The monoisotopic (exact) mass is 400 g/mol. The zero-order valence-electron chi connectivity index (χ0n) is 15.9. The molecule has 0 saturated carbocycles. The molecule has 0 radical (unpaired) electrons. The maximum absolute atomic E-state index is 12.4. The number of nitrogens with one attached hydrogen (secondary N) is 2. The summed E-state index contributed by atoms with van der Waals surface area (Å²) in [5, 5.41) is 14.5. The van der Waals surface area contributed by atoms with Crippen molar-refractivity contribution in [1.29, 1.82) is 0 Å². The molecule has 3 rings (SSSR count). The van der Waals surface area contributed by atoms with Crippen LogP contribution in [0.3, 0.4) is 0 Å². The highest BCUT2D eigenvalue weighted by Gasteiger charge is 2.14. The van der Waals surface area contributed by atoms with Gasteiger partial charge in [0.05, 0.1) is 16.4 Å². The highest BCUT2D eigenvalue weighted by molar-refractivity contribution is 6.31. The minimum atomic E-state index is -0.264. The van der Waals surface area contributed by atoms with E-state index in [0.29, 0.717) is 34.3 Å². The zero-order valence-corrected chi connectivity index (χ0v) is 16.6. The molecule has 0 fully saturated rings. The fourth-order valence-electron chi connectivity index (χ4n) is 2.81. The smallest absolute Gasteiger partial charge is 0.273 e. The van der Waals surface area contributed by atoms with Crippen LogP contribution >= 0.6 is 11.6 Å². The van der Waals surface area contributed by atoms with Crippen LogP contribution < -0.4 is 10.6 Å². The first kappa shape index (κ1) is 19.6. The summed E-state index contributed by atoms with van der Waals surface area (Å²) in [6.45, 7) is 6.16. The SMILES string of the molecule is CCn1nccc1C(=O)Nc1cccc(NC(=O)Cn2nc(C)c(Cl)c2C)c1. The van der Waals surface area contributed by atoms with E-state index in [4.69, 9.17) is 11.6 Å². The zero-order chi connectivity index (χ0) is 20.3. The maximum atomic E-state index is 12.4. The third-order valence-electron chi connectivity index (χ3n) is 4.24. The van der Waals surface area contributed by atoms with E-state index in [2.05, 4.69) is 20.8 Å². The van der Waals surface area contributed by atoms with Gasteiger partial charge in [0.2, 0.25) is 5.91 Å². The summed E-state index contributed by atoms with van der Waals surface area (Å²) in [6, 6.07) is 8.60. The summed E-state index contributed by atoms with van der Waals surface area (Å²) < 4.78 is 3.17. The molecular weight excluding hydrogens is 380 g/mol. The first-order valence-corrected chi connectivity index (χ1v) is 9.19. The van der Waals surface area contributed by atoms with Crippen molar-refractivity contribution in [3.8, 4) is 0 Å². The Bertz CT molecular complexity index is 1020. The number of carbonyl (C=O) groups is 2. The van der Waals surface area contributed by atoms with Crippen LogP contribution in [0.2, 0.25) is 5.02 Å². The van der Waals surface area contributed by atoms with E-state index in [-0.39, 0.29) is 18.4 Å². The average molecular weight is 401 g/mol. The summed E-state index contributed by atoms with van der Waals surface area (Å²) in [6.07, 6.45) is 1.58. The normalized spacial score (nSPS) is 10.7. The van der Waals surface area contributed by atoms with Crippen LogP contribution in [0.1, 0.15) is 28.8 Å². The molecule has 0 aliphatic rings. The second-order valence-corrected chi connectivity index (χ2v) is 6.64. The molecule has 1 aromatic carbocycles. The van der Waals surface area contributed by atoms with Crippen molar-refractivity contribution >= 4 is 34.8 Å². The highest BCUT2D eigenvalue weighted by atomic mass is 35.5. The summed E-state index contributed by atoms with van der Waals surface area (Å²) in [4.78, 5) is 24.8. The minimum Gasteiger partial charge on any atom is -0.324 e. The number of rotatable bonds is 6. The largest absolute Gasteiger partial charge is 0.324 e. The van der Waals surface area contributed by atoms with Crippen LogP contribution in [0.4, 0.5) is 11.4 Å². The number of aryl methyl sites for hydroxylation is 2. The van der Waals surface area contributed by atoms with Crippen LogP contribution in [0.25, 0.3) is 0 Å². The van der Waals surface area contributed by atoms with Crippen LogP contribution in [-0.2, 0) is 17.9 Å². The molecule has 0 saturated heterocycles. The Hall–Kier alpha value is -3.13. The molecule has 2 N–H and O–H groups in total. The molecule has 2 heterocycles. The predicted octanol–water partition coefficient (Wildman–Crippen LogP) is 3.26. The number of halogens is 1. The van der Waals surface area contributed by atoms with Gasteiger partial charge in [0.15, 0.2) is 0 Å². The predicted molar refractivity (Wildman–Crippen MR) is 108 cm³/mol. The van der Waals surface area contributed by atoms with Gasteiger partial charge in [-0.2, -0.15) is 10.2 Å². The van der Waals surface area contributed by atoms with E-state index in [1.54, 1.807) is 52.8 Å². The summed E-state index contributed by atoms with van der Waals surface area (Å²) in [7, 11) is 0. The van der Waals surface area contributed by atoms with E-state index >= 15 is 0 Å². The van der Waals surface area contributed by atoms with Crippen molar-refractivity contribution in [2.24, 2.45) is 0 Å². The van der Waals surface area contributed by atoms with Crippen molar-refractivity contribution in [1.82, 2.24) is 19.6 Å². The molecule has 3 aromatic rings. The Kier molecular flexibility index (Phi) is 5.79. The maximum Gasteiger partial charge on any atom is 0.273 e. The first-order chi connectivity index (χ1) is 13.4. The lowest BCUT2D eigenvalue weighted by Gasteiger charge is -2.10. The van der Waals surface area contributed by atoms with E-state index in [1.165, 1.54) is 0 Å². The molecule has 28 heavy (non-hydrogen) atoms. The Morgan fingerprint density at radius 1 is 1.11 bits per heavy atom. The lowest BCUT2D eigenvalue weighted by Crippen LogP contribution is -2.20. The van der Waals surface area contributed by atoms with Crippen molar-refractivity contribution in [3.05, 3.63) is 58.6 Å². The number of amides is 2. The number of aromatic nitrogens is 4. The van der Waals surface area contributed by atoms with Gasteiger partial charge in [-0.05, 0) is 45.0 Å². The Labute approximate surface area is 167 Å². The first-order valence-electron chi connectivity index (χ1n) is 8.81. The third-order valence-corrected chi connectivity index (χ3v) is 4.79. The molecule has 0 bridgehead atoms. The highest BCUT2D eigenvalue weighted by Crippen LogP contribution is 2.19. The number of nitrogens with zero attached hydrogens (tertiary/aromatic N) is 4. The van der Waals surface area contributed by atoms with Gasteiger partial charge in [0, 0.05) is 24.1 Å². The molecule has 2 aromatic heterocycles. The molecule has 146 valence electrons. The van der Waals surface area contributed by atoms with Crippen molar-refractivity contribution in [2.75, 3.05) is 10.6 Å². The summed E-state index contributed by atoms with van der Waals surface area (Å²) >= 11 is 6.11. The van der Waals surface area contributed by atoms with E-state index < -0.39 is 0 Å². The lowest BCUT2D eigenvalue weighted by molar-refractivity contribution is -0.116. The summed E-state index contributed by atoms with van der Waals surface area (Å²) in [5.74, 6) is -0.505. The number of carbonyl (C=O) groups excluding carboxylic acids is 2. The fraction of sp³-hybridized carbons (Fsp3) is 0.263. The molecule has 0 aliphatic carbocycles.